The van der Waals surface area contributed by atoms with Gasteiger partial charge in [0.15, 0.2) is 0 Å². The van der Waals surface area contributed by atoms with Crippen LogP contribution in [0.1, 0.15) is 168 Å². The number of fused-ring (bicyclic) bond motifs is 7. The monoisotopic (exact) mass is 927 g/mol. The van der Waals surface area contributed by atoms with Gasteiger partial charge in [-0.05, 0) is 218 Å². The van der Waals surface area contributed by atoms with Gasteiger partial charge < -0.3 is 9.80 Å². The Morgan fingerprint density at radius 2 is 1.06 bits per heavy atom. The Morgan fingerprint density at radius 3 is 1.67 bits per heavy atom. The van der Waals surface area contributed by atoms with Crippen LogP contribution in [0.5, 0.6) is 0 Å². The molecular formula is C65H75BN2S. The highest BCUT2D eigenvalue weighted by molar-refractivity contribution is 7.33. The topological polar surface area (TPSA) is 6.48 Å². The van der Waals surface area contributed by atoms with Crippen molar-refractivity contribution >= 4 is 78.0 Å². The number of hydrogen-bond donors (Lipinski definition) is 0. The van der Waals surface area contributed by atoms with Gasteiger partial charge in [-0.15, -0.1) is 11.3 Å². The minimum Gasteiger partial charge on any atom is -0.311 e. The van der Waals surface area contributed by atoms with Gasteiger partial charge in [-0.1, -0.05) is 126 Å². The summed E-state index contributed by atoms with van der Waals surface area (Å²) in [7, 11) is 0. The number of thiophene rings is 1. The maximum absolute atomic E-state index is 2.84. The molecule has 0 unspecified atom stereocenters. The average molecular weight is 927 g/mol. The van der Waals surface area contributed by atoms with Gasteiger partial charge in [0.2, 0.25) is 0 Å². The Labute approximate surface area is 418 Å². The second-order valence-corrected chi connectivity index (χ2v) is 29.8. The van der Waals surface area contributed by atoms with Crippen molar-refractivity contribution in [2.24, 2.45) is 41.4 Å². The van der Waals surface area contributed by atoms with Gasteiger partial charge in [-0.3, -0.25) is 0 Å². The molecule has 0 atom stereocenters. The molecule has 354 valence electrons. The molecule has 0 radical (unpaired) electrons. The van der Waals surface area contributed by atoms with Gasteiger partial charge in [-0.25, -0.2) is 0 Å². The molecule has 0 saturated heterocycles. The van der Waals surface area contributed by atoms with E-state index in [4.69, 9.17) is 0 Å². The van der Waals surface area contributed by atoms with Crippen LogP contribution in [0.3, 0.4) is 0 Å². The fraction of sp³-hybridized carbons (Fsp3) is 0.508. The van der Waals surface area contributed by atoms with Crippen molar-refractivity contribution in [3.8, 4) is 0 Å². The van der Waals surface area contributed by atoms with E-state index in [1.165, 1.54) is 133 Å². The van der Waals surface area contributed by atoms with Crippen LogP contribution in [0.15, 0.2) is 91.0 Å². The summed E-state index contributed by atoms with van der Waals surface area (Å²) in [4.78, 5) is 5.58. The molecule has 1 aromatic heterocycles. The van der Waals surface area contributed by atoms with Crippen molar-refractivity contribution < 1.29 is 0 Å². The number of rotatable bonds is 3. The van der Waals surface area contributed by atoms with E-state index in [1.807, 2.05) is 0 Å². The molecule has 2 nitrogen and oxygen atoms in total. The van der Waals surface area contributed by atoms with Crippen LogP contribution in [-0.4, -0.2) is 6.71 Å². The molecule has 0 spiro atoms. The van der Waals surface area contributed by atoms with Crippen molar-refractivity contribution in [2.75, 3.05) is 9.80 Å². The summed E-state index contributed by atoms with van der Waals surface area (Å²) >= 11 is 2.07. The zero-order chi connectivity index (χ0) is 47.9. The summed E-state index contributed by atoms with van der Waals surface area (Å²) in [6, 6.07) is 38.2. The maximum atomic E-state index is 2.84. The minimum atomic E-state index is 0.00867. The Hall–Kier alpha value is -4.28. The Morgan fingerprint density at radius 1 is 0.522 bits per heavy atom. The Balaban J connectivity index is 1.09. The van der Waals surface area contributed by atoms with Crippen LogP contribution in [0.25, 0.3) is 10.1 Å². The molecule has 0 N–H and O–H groups in total. The van der Waals surface area contributed by atoms with Crippen molar-refractivity contribution in [3.05, 3.63) is 124 Å². The highest BCUT2D eigenvalue weighted by atomic mass is 32.1. The fourth-order valence-corrected chi connectivity index (χ4v) is 19.1. The van der Waals surface area contributed by atoms with Crippen molar-refractivity contribution in [2.45, 2.75) is 167 Å². The lowest BCUT2D eigenvalue weighted by molar-refractivity contribution is -0.212. The van der Waals surface area contributed by atoms with Crippen molar-refractivity contribution in [1.82, 2.24) is 0 Å². The van der Waals surface area contributed by atoms with E-state index in [-0.39, 0.29) is 39.2 Å². The van der Waals surface area contributed by atoms with Crippen LogP contribution >= 0.6 is 11.3 Å². The van der Waals surface area contributed by atoms with Crippen LogP contribution < -0.4 is 25.5 Å². The molecule has 69 heavy (non-hydrogen) atoms. The largest absolute Gasteiger partial charge is 0.311 e. The standard InChI is InChI=1S/C65H75BN2S/c1-60(2,3)37-14-18-41(19-15-37)67-53-22-16-39(62(7,8)9)28-52(53)66-57-54(67)29-40(65-32-47-43-24-36-25-44(47)49(34-65)45(26-36)48(43)33-65)30-55(57)68(42-20-21-50-51(31-42)64(12,13)35-63(50,10)11)58-46-27-38(61(4,5)6)17-23-56(46)69-59(58)66/h14-23,27-31,36,43-45,47-49H,24-26,32-35H2,1-13H3/t36?,43-,44-,45?,47?,48?,49?,65-/m1/s1. The van der Waals surface area contributed by atoms with E-state index < -0.39 is 0 Å². The first-order chi connectivity index (χ1) is 32.5. The van der Waals surface area contributed by atoms with Crippen molar-refractivity contribution in [1.29, 1.82) is 0 Å². The molecular weight excluding hydrogens is 852 g/mol. The average Bonchev–Trinajstić information content (AvgIpc) is 3.75. The predicted octanol–water partition coefficient (Wildman–Crippen LogP) is 15.8. The van der Waals surface area contributed by atoms with Crippen LogP contribution in [0.4, 0.5) is 34.1 Å². The lowest BCUT2D eigenvalue weighted by Crippen LogP contribution is -2.66. The summed E-state index contributed by atoms with van der Waals surface area (Å²) in [5.41, 5.74) is 20.6. The smallest absolute Gasteiger partial charge is 0.264 e. The van der Waals surface area contributed by atoms with E-state index >= 15 is 0 Å². The first-order valence-electron chi connectivity index (χ1n) is 27.2. The number of anilines is 6. The molecule has 3 heterocycles. The van der Waals surface area contributed by atoms with E-state index in [1.54, 1.807) is 5.56 Å². The summed E-state index contributed by atoms with van der Waals surface area (Å²) in [5, 5.41) is 1.41. The molecule has 7 fully saturated rings. The van der Waals surface area contributed by atoms with Gasteiger partial charge in [0.05, 0.1) is 5.69 Å². The molecule has 8 bridgehead atoms. The van der Waals surface area contributed by atoms with Gasteiger partial charge in [0, 0.05) is 43.3 Å². The fourth-order valence-electron chi connectivity index (χ4n) is 17.8. The predicted molar refractivity (Wildman–Crippen MR) is 296 cm³/mol. The summed E-state index contributed by atoms with van der Waals surface area (Å²) in [6.07, 6.45) is 9.93. The molecule has 6 aromatic rings. The summed E-state index contributed by atoms with van der Waals surface area (Å²) in [6.45, 7) is 31.5. The Bertz CT molecular complexity index is 3120. The van der Waals surface area contributed by atoms with Crippen LogP contribution in [0.2, 0.25) is 0 Å². The molecule has 10 aliphatic rings. The third kappa shape index (κ3) is 5.97. The molecule has 8 aliphatic carbocycles. The quantitative estimate of drug-likeness (QED) is 0.163. The molecule has 4 heteroatoms. The summed E-state index contributed by atoms with van der Waals surface area (Å²) < 4.78 is 2.89. The Kier molecular flexibility index (Phi) is 8.58. The molecule has 16 rings (SSSR count). The lowest BCUT2D eigenvalue weighted by atomic mass is 9.32. The molecule has 2 aliphatic heterocycles. The van der Waals surface area contributed by atoms with Crippen LogP contribution in [0, 0.1) is 41.4 Å². The van der Waals surface area contributed by atoms with E-state index in [2.05, 4.69) is 202 Å². The second kappa shape index (κ2) is 13.6. The second-order valence-electron chi connectivity index (χ2n) is 28.8. The molecule has 0 amide bonds. The maximum Gasteiger partial charge on any atom is 0.264 e. The van der Waals surface area contributed by atoms with Crippen molar-refractivity contribution in [3.63, 3.8) is 0 Å². The summed E-state index contributed by atoms with van der Waals surface area (Å²) in [5.74, 6) is 6.69. The number of hydrogen-bond acceptors (Lipinski definition) is 3. The zero-order valence-corrected chi connectivity index (χ0v) is 44.8. The number of nitrogens with zero attached hydrogens (tertiary/aromatic N) is 2. The minimum absolute atomic E-state index is 0.00867. The highest BCUT2D eigenvalue weighted by Gasteiger charge is 2.68. The third-order valence-corrected chi connectivity index (χ3v) is 21.8. The number of benzene rings is 5. The van der Waals surface area contributed by atoms with E-state index in [9.17, 15) is 0 Å². The first kappa shape index (κ1) is 43.5. The normalized spacial score (nSPS) is 29.5. The highest BCUT2D eigenvalue weighted by Crippen LogP contribution is 2.75. The molecule has 7 saturated carbocycles. The SMILES string of the molecule is CC(C)(C)c1ccc(N2c3ccc(C(C)(C)C)cc3B3c4sc5ccc(C(C)(C)C)cc5c4N(c4ccc5c(c4)C(C)(C)CC5(C)C)c4cc([C@]56CC7C8CC9C[C@@H]7C(C5)[C@@H](C9)C8C6)cc2c43)cc1. The third-order valence-electron chi connectivity index (χ3n) is 20.6. The van der Waals surface area contributed by atoms with Gasteiger partial charge >= 0.3 is 0 Å². The van der Waals surface area contributed by atoms with E-state index in [0.717, 1.165) is 41.4 Å². The van der Waals surface area contributed by atoms with Gasteiger partial charge in [0.1, 0.15) is 0 Å². The lowest BCUT2D eigenvalue weighted by Gasteiger charge is -2.72. The van der Waals surface area contributed by atoms with Crippen LogP contribution in [-0.2, 0) is 32.5 Å². The molecule has 5 aromatic carbocycles. The van der Waals surface area contributed by atoms with Gasteiger partial charge in [0.25, 0.3) is 6.71 Å². The first-order valence-corrected chi connectivity index (χ1v) is 28.1. The van der Waals surface area contributed by atoms with E-state index in [0.29, 0.717) is 0 Å². The zero-order valence-electron chi connectivity index (χ0n) is 44.0. The van der Waals surface area contributed by atoms with Gasteiger partial charge in [-0.2, -0.15) is 0 Å².